The van der Waals surface area contributed by atoms with E-state index < -0.39 is 0 Å². The number of hydrogen-bond donors (Lipinski definition) is 2. The lowest BCUT2D eigenvalue weighted by Gasteiger charge is -2.29. The molecule has 3 N–H and O–H groups in total. The number of nitrogens with one attached hydrogen (secondary N) is 1. The van der Waals surface area contributed by atoms with Crippen LogP contribution in [0, 0.1) is 5.41 Å². The van der Waals surface area contributed by atoms with E-state index >= 15 is 0 Å². The average Bonchev–Trinajstić information content (AvgIpc) is 2.77. The fraction of sp³-hybridized carbons (Fsp3) is 0.385. The molecule has 0 saturated heterocycles. The van der Waals surface area contributed by atoms with Gasteiger partial charge in [-0.15, -0.1) is 0 Å². The van der Waals surface area contributed by atoms with Gasteiger partial charge in [0, 0.05) is 31.4 Å². The second-order valence-electron chi connectivity index (χ2n) is 4.60. The molecule has 2 rings (SSSR count). The monoisotopic (exact) mass is 245 g/mol. The van der Waals surface area contributed by atoms with Crippen molar-refractivity contribution >= 4 is 17.3 Å². The van der Waals surface area contributed by atoms with Crippen molar-refractivity contribution in [2.45, 2.75) is 26.3 Å². The number of hydrogen-bond acceptors (Lipinski definition) is 3. The zero-order valence-corrected chi connectivity index (χ0v) is 10.8. The van der Waals surface area contributed by atoms with Gasteiger partial charge in [0.15, 0.2) is 0 Å². The van der Waals surface area contributed by atoms with Crippen molar-refractivity contribution < 1.29 is 0 Å². The second-order valence-corrected chi connectivity index (χ2v) is 4.60. The molecule has 0 aromatic carbocycles. The Morgan fingerprint density at radius 1 is 1.50 bits per heavy atom. The highest BCUT2D eigenvalue weighted by Gasteiger charge is 2.13. The van der Waals surface area contributed by atoms with Crippen LogP contribution in [0.4, 0.5) is 5.82 Å². The van der Waals surface area contributed by atoms with Crippen molar-refractivity contribution in [2.24, 2.45) is 5.73 Å². The third-order valence-corrected chi connectivity index (χ3v) is 2.95. The molecule has 0 radical (unpaired) electrons. The Bertz CT molecular complexity index is 543. The van der Waals surface area contributed by atoms with Crippen LogP contribution in [0.15, 0.2) is 30.6 Å². The van der Waals surface area contributed by atoms with Crippen molar-refractivity contribution in [3.8, 4) is 0 Å². The quantitative estimate of drug-likeness (QED) is 0.624. The Kier molecular flexibility index (Phi) is 3.50. The van der Waals surface area contributed by atoms with Gasteiger partial charge in [-0.05, 0) is 26.0 Å². The molecule has 0 amide bonds. The number of imidazole rings is 1. The molecule has 0 spiro atoms. The van der Waals surface area contributed by atoms with Gasteiger partial charge < -0.3 is 10.6 Å². The third kappa shape index (κ3) is 2.45. The maximum absolute atomic E-state index is 7.36. The van der Waals surface area contributed by atoms with E-state index in [1.165, 1.54) is 0 Å². The van der Waals surface area contributed by atoms with E-state index in [0.29, 0.717) is 12.5 Å². The van der Waals surface area contributed by atoms with Crippen molar-refractivity contribution in [2.75, 3.05) is 11.4 Å². The van der Waals surface area contributed by atoms with Crippen molar-refractivity contribution in [1.82, 2.24) is 9.38 Å². The van der Waals surface area contributed by atoms with E-state index in [4.69, 9.17) is 11.1 Å². The Labute approximate surface area is 107 Å². The summed E-state index contributed by atoms with van der Waals surface area (Å²) in [6, 6.07) is 6.39. The van der Waals surface area contributed by atoms with Gasteiger partial charge in [-0.1, -0.05) is 6.07 Å². The summed E-state index contributed by atoms with van der Waals surface area (Å²) in [6.07, 6.45) is 4.32. The molecule has 0 unspecified atom stereocenters. The minimum absolute atomic E-state index is 0.221. The van der Waals surface area contributed by atoms with Crippen LogP contribution in [0.3, 0.4) is 0 Å². The first-order valence-corrected chi connectivity index (χ1v) is 6.11. The summed E-state index contributed by atoms with van der Waals surface area (Å²) in [5.74, 6) is 1.31. The first-order chi connectivity index (χ1) is 8.59. The molecule has 0 bridgehead atoms. The van der Waals surface area contributed by atoms with E-state index in [1.807, 2.05) is 18.3 Å². The Hall–Kier alpha value is -2.04. The zero-order chi connectivity index (χ0) is 13.1. The normalized spacial score (nSPS) is 11.1. The number of anilines is 1. The van der Waals surface area contributed by atoms with E-state index in [2.05, 4.69) is 34.2 Å². The van der Waals surface area contributed by atoms with Crippen LogP contribution in [-0.2, 0) is 0 Å². The van der Waals surface area contributed by atoms with Crippen LogP contribution in [0.1, 0.15) is 20.3 Å². The summed E-state index contributed by atoms with van der Waals surface area (Å²) in [5, 5.41) is 7.36. The summed E-state index contributed by atoms with van der Waals surface area (Å²) in [6.45, 7) is 5.01. The van der Waals surface area contributed by atoms with Crippen LogP contribution in [-0.4, -0.2) is 27.8 Å². The maximum atomic E-state index is 7.36. The molecule has 5 heteroatoms. The summed E-state index contributed by atoms with van der Waals surface area (Å²) in [5.41, 5.74) is 6.38. The fourth-order valence-electron chi connectivity index (χ4n) is 2.04. The van der Waals surface area contributed by atoms with Gasteiger partial charge in [-0.2, -0.15) is 0 Å². The topological polar surface area (TPSA) is 70.4 Å². The van der Waals surface area contributed by atoms with Gasteiger partial charge in [0.25, 0.3) is 0 Å². The average molecular weight is 245 g/mol. The van der Waals surface area contributed by atoms with E-state index in [-0.39, 0.29) is 5.84 Å². The fourth-order valence-corrected chi connectivity index (χ4v) is 2.04. The SMILES string of the molecule is CC(C)N(CCC(=N)N)c1cccc2nccn12. The highest BCUT2D eigenvalue weighted by Crippen LogP contribution is 2.19. The van der Waals surface area contributed by atoms with Crippen LogP contribution in [0.2, 0.25) is 0 Å². The summed E-state index contributed by atoms with van der Waals surface area (Å²) >= 11 is 0. The summed E-state index contributed by atoms with van der Waals surface area (Å²) < 4.78 is 2.06. The predicted octanol–water partition coefficient (Wildman–Crippen LogP) is 1.88. The van der Waals surface area contributed by atoms with E-state index in [0.717, 1.165) is 18.0 Å². The molecule has 18 heavy (non-hydrogen) atoms. The lowest BCUT2D eigenvalue weighted by atomic mass is 10.2. The molecule has 2 heterocycles. The first kappa shape index (κ1) is 12.4. The molecule has 0 aliphatic carbocycles. The first-order valence-electron chi connectivity index (χ1n) is 6.11. The minimum atomic E-state index is 0.221. The van der Waals surface area contributed by atoms with E-state index in [9.17, 15) is 0 Å². The number of aromatic nitrogens is 2. The predicted molar refractivity (Wildman–Crippen MR) is 74.2 cm³/mol. The Morgan fingerprint density at radius 3 is 2.94 bits per heavy atom. The van der Waals surface area contributed by atoms with Crippen LogP contribution in [0.5, 0.6) is 0 Å². The lowest BCUT2D eigenvalue weighted by molar-refractivity contribution is 0.675. The number of nitrogens with two attached hydrogens (primary N) is 1. The maximum Gasteiger partial charge on any atom is 0.138 e. The highest BCUT2D eigenvalue weighted by molar-refractivity contribution is 5.77. The van der Waals surface area contributed by atoms with Crippen LogP contribution < -0.4 is 10.6 Å². The minimum Gasteiger partial charge on any atom is -0.388 e. The molecule has 0 atom stereocenters. The van der Waals surface area contributed by atoms with Crippen molar-refractivity contribution in [1.29, 1.82) is 5.41 Å². The van der Waals surface area contributed by atoms with Crippen LogP contribution >= 0.6 is 0 Å². The molecule has 5 nitrogen and oxygen atoms in total. The number of nitrogens with zero attached hydrogens (tertiary/aromatic N) is 3. The standard InChI is InChI=1S/C13H19N5/c1-10(2)17(8-6-11(14)15)13-5-3-4-12-16-7-9-18(12)13/h3-5,7,9-10H,6,8H2,1-2H3,(H3,14,15). The molecule has 0 fully saturated rings. The second kappa shape index (κ2) is 5.08. The van der Waals surface area contributed by atoms with Crippen LogP contribution in [0.25, 0.3) is 5.65 Å². The number of pyridine rings is 1. The van der Waals surface area contributed by atoms with Crippen molar-refractivity contribution in [3.05, 3.63) is 30.6 Å². The molecule has 0 aliphatic heterocycles. The highest BCUT2D eigenvalue weighted by atomic mass is 15.2. The number of amidine groups is 1. The zero-order valence-electron chi connectivity index (χ0n) is 10.8. The largest absolute Gasteiger partial charge is 0.388 e. The van der Waals surface area contributed by atoms with Gasteiger partial charge in [0.05, 0.1) is 5.84 Å². The smallest absolute Gasteiger partial charge is 0.138 e. The van der Waals surface area contributed by atoms with Gasteiger partial charge in [0.1, 0.15) is 11.5 Å². The number of rotatable bonds is 5. The Morgan fingerprint density at radius 2 is 2.28 bits per heavy atom. The summed E-state index contributed by atoms with van der Waals surface area (Å²) in [4.78, 5) is 6.52. The molecule has 0 saturated carbocycles. The van der Waals surface area contributed by atoms with Gasteiger partial charge in [-0.3, -0.25) is 9.81 Å². The molecule has 0 aliphatic rings. The number of fused-ring (bicyclic) bond motifs is 1. The molecule has 2 aromatic rings. The third-order valence-electron chi connectivity index (χ3n) is 2.95. The molecule has 96 valence electrons. The lowest BCUT2D eigenvalue weighted by Crippen LogP contribution is -2.35. The Balaban J connectivity index is 2.35. The summed E-state index contributed by atoms with van der Waals surface area (Å²) in [7, 11) is 0. The molecule has 2 aromatic heterocycles. The van der Waals surface area contributed by atoms with Gasteiger partial charge >= 0.3 is 0 Å². The van der Waals surface area contributed by atoms with Gasteiger partial charge in [-0.25, -0.2) is 4.98 Å². The van der Waals surface area contributed by atoms with Crippen molar-refractivity contribution in [3.63, 3.8) is 0 Å². The van der Waals surface area contributed by atoms with Gasteiger partial charge in [0.2, 0.25) is 0 Å². The van der Waals surface area contributed by atoms with E-state index in [1.54, 1.807) is 6.20 Å². The molecular weight excluding hydrogens is 226 g/mol. The molecular formula is C13H19N5.